The summed E-state index contributed by atoms with van der Waals surface area (Å²) in [6, 6.07) is 0. The van der Waals surface area contributed by atoms with Crippen LogP contribution < -0.4 is 0 Å². The number of aryl methyl sites for hydroxylation is 1. The van der Waals surface area contributed by atoms with Crippen LogP contribution in [0, 0.1) is 6.92 Å². The first-order chi connectivity index (χ1) is 7.65. The van der Waals surface area contributed by atoms with Gasteiger partial charge in [-0.05, 0) is 29.8 Å². The lowest BCUT2D eigenvalue weighted by Gasteiger charge is -2.06. The minimum absolute atomic E-state index is 0.346. The molecule has 0 atom stereocenters. The molecule has 0 saturated carbocycles. The fourth-order valence-corrected chi connectivity index (χ4v) is 1.79. The van der Waals surface area contributed by atoms with Crippen molar-refractivity contribution in [1.82, 2.24) is 14.6 Å². The first-order valence-corrected chi connectivity index (χ1v) is 5.60. The summed E-state index contributed by atoms with van der Waals surface area (Å²) in [6.07, 6.45) is 3.15. The predicted molar refractivity (Wildman–Crippen MR) is 61.4 cm³/mol. The van der Waals surface area contributed by atoms with E-state index in [1.807, 2.05) is 0 Å². The van der Waals surface area contributed by atoms with Crippen LogP contribution in [0.1, 0.15) is 23.0 Å². The van der Waals surface area contributed by atoms with Gasteiger partial charge in [0.05, 0.1) is 28.5 Å². The number of halogens is 1. The van der Waals surface area contributed by atoms with E-state index in [9.17, 15) is 4.79 Å². The molecule has 2 aromatic rings. The molecule has 84 valence electrons. The van der Waals surface area contributed by atoms with Crippen LogP contribution in [0.3, 0.4) is 0 Å². The minimum atomic E-state index is -0.374. The highest BCUT2D eigenvalue weighted by Crippen LogP contribution is 2.18. The normalized spacial score (nSPS) is 10.7. The molecule has 0 fully saturated rings. The van der Waals surface area contributed by atoms with E-state index < -0.39 is 0 Å². The number of hydrogen-bond donors (Lipinski definition) is 0. The lowest BCUT2D eigenvalue weighted by Crippen LogP contribution is -2.11. The zero-order valence-electron chi connectivity index (χ0n) is 8.90. The third kappa shape index (κ3) is 1.69. The van der Waals surface area contributed by atoms with Crippen LogP contribution in [-0.4, -0.2) is 27.2 Å². The molecular formula is C10H10BrN3O2. The Balaban J connectivity index is 2.56. The van der Waals surface area contributed by atoms with E-state index in [1.54, 1.807) is 24.6 Å². The molecule has 0 spiro atoms. The van der Waals surface area contributed by atoms with E-state index in [-0.39, 0.29) is 5.97 Å². The van der Waals surface area contributed by atoms with Gasteiger partial charge >= 0.3 is 5.97 Å². The Kier molecular flexibility index (Phi) is 2.91. The highest BCUT2D eigenvalue weighted by atomic mass is 79.9. The fourth-order valence-electron chi connectivity index (χ4n) is 1.43. The molecular weight excluding hydrogens is 274 g/mol. The zero-order chi connectivity index (χ0) is 11.7. The Morgan fingerprint density at radius 1 is 1.56 bits per heavy atom. The van der Waals surface area contributed by atoms with Crippen LogP contribution in [0.25, 0.3) is 5.65 Å². The van der Waals surface area contributed by atoms with Crippen molar-refractivity contribution in [3.05, 3.63) is 28.1 Å². The molecule has 0 unspecified atom stereocenters. The highest BCUT2D eigenvalue weighted by Gasteiger charge is 2.15. The first kappa shape index (κ1) is 11.1. The average molecular weight is 284 g/mol. The third-order valence-electron chi connectivity index (χ3n) is 2.22. The molecule has 16 heavy (non-hydrogen) atoms. The summed E-state index contributed by atoms with van der Waals surface area (Å²) in [6.45, 7) is 3.92. The molecule has 0 aromatic carbocycles. The van der Waals surface area contributed by atoms with Gasteiger partial charge in [0, 0.05) is 6.20 Å². The summed E-state index contributed by atoms with van der Waals surface area (Å²) in [5, 5.41) is 4.12. The van der Waals surface area contributed by atoms with Gasteiger partial charge in [-0.15, -0.1) is 0 Å². The molecule has 0 saturated heterocycles. The third-order valence-corrected chi connectivity index (χ3v) is 2.78. The molecule has 2 aromatic heterocycles. The van der Waals surface area contributed by atoms with Gasteiger partial charge in [0.1, 0.15) is 0 Å². The lowest BCUT2D eigenvalue weighted by atomic mass is 10.2. The van der Waals surface area contributed by atoms with E-state index in [1.165, 1.54) is 6.20 Å². The predicted octanol–water partition coefficient (Wildman–Crippen LogP) is 1.98. The van der Waals surface area contributed by atoms with Crippen LogP contribution in [0.15, 0.2) is 16.9 Å². The largest absolute Gasteiger partial charge is 0.462 e. The monoisotopic (exact) mass is 283 g/mol. The Labute approximate surface area is 101 Å². The van der Waals surface area contributed by atoms with Gasteiger partial charge < -0.3 is 4.74 Å². The van der Waals surface area contributed by atoms with Crippen molar-refractivity contribution in [3.63, 3.8) is 0 Å². The van der Waals surface area contributed by atoms with Gasteiger partial charge in [0.2, 0.25) is 0 Å². The summed E-state index contributed by atoms with van der Waals surface area (Å²) >= 11 is 3.33. The number of esters is 1. The van der Waals surface area contributed by atoms with Crippen molar-refractivity contribution in [2.75, 3.05) is 6.61 Å². The number of carbonyl (C=O) groups excluding carboxylic acids is 1. The summed E-state index contributed by atoms with van der Waals surface area (Å²) < 4.78 is 7.34. The molecule has 0 N–H and O–H groups in total. The van der Waals surface area contributed by atoms with Crippen molar-refractivity contribution < 1.29 is 9.53 Å². The maximum Gasteiger partial charge on any atom is 0.341 e. The van der Waals surface area contributed by atoms with Crippen molar-refractivity contribution in [1.29, 1.82) is 0 Å². The standard InChI is InChI=1S/C10H10BrN3O2/c1-3-16-10(15)7-4-12-9-8(11)5-13-14(9)6(7)2/h4-5H,3H2,1-2H3. The van der Waals surface area contributed by atoms with Gasteiger partial charge in [-0.25, -0.2) is 14.3 Å². The van der Waals surface area contributed by atoms with Gasteiger partial charge in [0.15, 0.2) is 5.65 Å². The number of rotatable bonds is 2. The molecule has 0 aliphatic heterocycles. The maximum atomic E-state index is 11.6. The van der Waals surface area contributed by atoms with Crippen molar-refractivity contribution in [3.8, 4) is 0 Å². The zero-order valence-corrected chi connectivity index (χ0v) is 10.5. The lowest BCUT2D eigenvalue weighted by molar-refractivity contribution is 0.0524. The molecule has 0 bridgehead atoms. The van der Waals surface area contributed by atoms with Gasteiger partial charge in [-0.2, -0.15) is 5.10 Å². The van der Waals surface area contributed by atoms with Crippen LogP contribution in [0.4, 0.5) is 0 Å². The smallest absolute Gasteiger partial charge is 0.341 e. The maximum absolute atomic E-state index is 11.6. The number of carbonyl (C=O) groups is 1. The van der Waals surface area contributed by atoms with E-state index >= 15 is 0 Å². The molecule has 0 aliphatic carbocycles. The van der Waals surface area contributed by atoms with Crippen LogP contribution in [0.5, 0.6) is 0 Å². The molecule has 0 amide bonds. The molecule has 0 radical (unpaired) electrons. The molecule has 6 heteroatoms. The Morgan fingerprint density at radius 2 is 2.31 bits per heavy atom. The van der Waals surface area contributed by atoms with Crippen molar-refractivity contribution in [2.24, 2.45) is 0 Å². The molecule has 0 aliphatic rings. The van der Waals surface area contributed by atoms with E-state index in [0.29, 0.717) is 23.5 Å². The fraction of sp³-hybridized carbons (Fsp3) is 0.300. The van der Waals surface area contributed by atoms with Crippen LogP contribution in [0.2, 0.25) is 0 Å². The Morgan fingerprint density at radius 3 is 3.00 bits per heavy atom. The van der Waals surface area contributed by atoms with Crippen molar-refractivity contribution in [2.45, 2.75) is 13.8 Å². The summed E-state index contributed by atoms with van der Waals surface area (Å²) in [5.74, 6) is -0.374. The van der Waals surface area contributed by atoms with Gasteiger partial charge in [-0.3, -0.25) is 0 Å². The quantitative estimate of drug-likeness (QED) is 0.791. The first-order valence-electron chi connectivity index (χ1n) is 4.81. The van der Waals surface area contributed by atoms with E-state index in [2.05, 4.69) is 26.0 Å². The van der Waals surface area contributed by atoms with Crippen LogP contribution in [-0.2, 0) is 4.74 Å². The summed E-state index contributed by atoms with van der Waals surface area (Å²) in [7, 11) is 0. The van der Waals surface area contributed by atoms with E-state index in [0.717, 1.165) is 4.47 Å². The summed E-state index contributed by atoms with van der Waals surface area (Å²) in [4.78, 5) is 15.8. The van der Waals surface area contributed by atoms with Gasteiger partial charge in [0.25, 0.3) is 0 Å². The number of fused-ring (bicyclic) bond motifs is 1. The number of hydrogen-bond acceptors (Lipinski definition) is 4. The summed E-state index contributed by atoms with van der Waals surface area (Å²) in [5.41, 5.74) is 1.84. The average Bonchev–Trinajstić information content (AvgIpc) is 2.62. The minimum Gasteiger partial charge on any atom is -0.462 e. The van der Waals surface area contributed by atoms with Gasteiger partial charge in [-0.1, -0.05) is 0 Å². The Hall–Kier alpha value is -1.43. The second kappa shape index (κ2) is 4.21. The topological polar surface area (TPSA) is 56.5 Å². The van der Waals surface area contributed by atoms with E-state index in [4.69, 9.17) is 4.74 Å². The molecule has 2 rings (SSSR count). The Bertz CT molecular complexity index is 550. The number of nitrogens with zero attached hydrogens (tertiary/aromatic N) is 3. The highest BCUT2D eigenvalue weighted by molar-refractivity contribution is 9.10. The number of ether oxygens (including phenoxy) is 1. The SMILES string of the molecule is CCOC(=O)c1cnc2c(Br)cnn2c1C. The number of aromatic nitrogens is 3. The second-order valence-electron chi connectivity index (χ2n) is 3.21. The molecule has 2 heterocycles. The molecule has 5 nitrogen and oxygen atoms in total. The second-order valence-corrected chi connectivity index (χ2v) is 4.06. The van der Waals surface area contributed by atoms with Crippen molar-refractivity contribution >= 4 is 27.5 Å². The van der Waals surface area contributed by atoms with Crippen LogP contribution >= 0.6 is 15.9 Å².